The van der Waals surface area contributed by atoms with Gasteiger partial charge in [-0.15, -0.1) is 11.3 Å². The van der Waals surface area contributed by atoms with E-state index in [1.165, 1.54) is 0 Å². The first-order valence-electron chi connectivity index (χ1n) is 7.99. The number of hydrogen-bond acceptors (Lipinski definition) is 5. The lowest BCUT2D eigenvalue weighted by Crippen LogP contribution is -2.22. The molecule has 0 saturated carbocycles. The van der Waals surface area contributed by atoms with E-state index in [4.69, 9.17) is 4.74 Å². The van der Waals surface area contributed by atoms with Crippen molar-refractivity contribution in [2.45, 2.75) is 19.4 Å². The van der Waals surface area contributed by atoms with Crippen molar-refractivity contribution in [2.24, 2.45) is 0 Å². The molecule has 3 aromatic rings. The number of aryl methyl sites for hydroxylation is 1. The highest BCUT2D eigenvalue weighted by Gasteiger charge is 2.07. The van der Waals surface area contributed by atoms with Crippen molar-refractivity contribution in [3.63, 3.8) is 0 Å². The summed E-state index contributed by atoms with van der Waals surface area (Å²) in [5.41, 5.74) is 3.02. The molecule has 0 fully saturated rings. The van der Waals surface area contributed by atoms with E-state index in [0.29, 0.717) is 19.4 Å². The van der Waals surface area contributed by atoms with Gasteiger partial charge in [-0.25, -0.2) is 4.98 Å². The van der Waals surface area contributed by atoms with Gasteiger partial charge in [0.1, 0.15) is 5.75 Å². The number of aromatic nitrogens is 2. The molecule has 2 heterocycles. The van der Waals surface area contributed by atoms with Crippen LogP contribution in [-0.2, 0) is 17.8 Å². The summed E-state index contributed by atoms with van der Waals surface area (Å²) in [5, 5.41) is 5.91. The molecule has 128 valence electrons. The second kappa shape index (κ2) is 8.39. The predicted octanol–water partition coefficient (Wildman–Crippen LogP) is 3.46. The van der Waals surface area contributed by atoms with Crippen LogP contribution in [0, 0.1) is 0 Å². The Morgan fingerprint density at radius 1 is 1.16 bits per heavy atom. The minimum atomic E-state index is 0.0245. The molecule has 0 aliphatic rings. The second-order valence-corrected chi connectivity index (χ2v) is 6.43. The Hall–Kier alpha value is -2.73. The van der Waals surface area contributed by atoms with E-state index in [2.05, 4.69) is 15.3 Å². The summed E-state index contributed by atoms with van der Waals surface area (Å²) in [6.45, 7) is 0.517. The monoisotopic (exact) mass is 353 g/mol. The molecule has 1 N–H and O–H groups in total. The van der Waals surface area contributed by atoms with Crippen LogP contribution in [0.25, 0.3) is 11.3 Å². The lowest BCUT2D eigenvalue weighted by molar-refractivity contribution is -0.121. The van der Waals surface area contributed by atoms with Crippen LogP contribution in [0.2, 0.25) is 0 Å². The number of methoxy groups -OCH3 is 1. The fourth-order valence-electron chi connectivity index (χ4n) is 2.33. The summed E-state index contributed by atoms with van der Waals surface area (Å²) in [6.07, 6.45) is 4.57. The molecule has 0 aliphatic heterocycles. The number of nitrogens with one attached hydrogen (secondary N) is 1. The van der Waals surface area contributed by atoms with Gasteiger partial charge in [-0.1, -0.05) is 12.1 Å². The molecule has 0 spiro atoms. The number of benzene rings is 1. The average Bonchev–Trinajstić information content (AvgIpc) is 3.15. The lowest BCUT2D eigenvalue weighted by Gasteiger charge is -2.06. The molecule has 0 aliphatic carbocycles. The first-order chi connectivity index (χ1) is 12.2. The van der Waals surface area contributed by atoms with E-state index in [1.54, 1.807) is 30.8 Å². The third-order valence-corrected chi connectivity index (χ3v) is 4.65. The Morgan fingerprint density at radius 3 is 2.64 bits per heavy atom. The number of thiazole rings is 1. The summed E-state index contributed by atoms with van der Waals surface area (Å²) >= 11 is 1.58. The first kappa shape index (κ1) is 17.1. The predicted molar refractivity (Wildman–Crippen MR) is 98.5 cm³/mol. The molecule has 1 aromatic carbocycles. The quantitative estimate of drug-likeness (QED) is 0.706. The van der Waals surface area contributed by atoms with Gasteiger partial charge in [0, 0.05) is 42.7 Å². The second-order valence-electron chi connectivity index (χ2n) is 5.49. The highest BCUT2D eigenvalue weighted by atomic mass is 32.1. The van der Waals surface area contributed by atoms with Crippen LogP contribution in [0.1, 0.15) is 17.0 Å². The Balaban J connectivity index is 1.46. The molecule has 6 heteroatoms. The van der Waals surface area contributed by atoms with Gasteiger partial charge in [-0.3, -0.25) is 9.78 Å². The lowest BCUT2D eigenvalue weighted by atomic mass is 10.2. The Kier molecular flexibility index (Phi) is 5.74. The van der Waals surface area contributed by atoms with Crippen LogP contribution >= 0.6 is 11.3 Å². The van der Waals surface area contributed by atoms with Gasteiger partial charge in [-0.05, 0) is 29.8 Å². The number of carbonyl (C=O) groups is 1. The Morgan fingerprint density at radius 2 is 1.92 bits per heavy atom. The summed E-state index contributed by atoms with van der Waals surface area (Å²) in [4.78, 5) is 20.6. The zero-order chi connectivity index (χ0) is 17.5. The molecule has 25 heavy (non-hydrogen) atoms. The van der Waals surface area contributed by atoms with Crippen molar-refractivity contribution in [3.05, 3.63) is 64.7 Å². The standard InChI is InChI=1S/C19H19N3O2S/c1-24-16-4-2-14(3-5-16)12-21-18(23)6-7-19-22-17(13-25-19)15-8-10-20-11-9-15/h2-5,8-11,13H,6-7,12H2,1H3,(H,21,23). The van der Waals surface area contributed by atoms with Crippen molar-refractivity contribution >= 4 is 17.2 Å². The number of carbonyl (C=O) groups excluding carboxylic acids is 1. The van der Waals surface area contributed by atoms with Crippen LogP contribution in [0.4, 0.5) is 0 Å². The summed E-state index contributed by atoms with van der Waals surface area (Å²) in [6, 6.07) is 11.5. The minimum Gasteiger partial charge on any atom is -0.497 e. The first-order valence-corrected chi connectivity index (χ1v) is 8.87. The molecule has 3 rings (SSSR count). The fraction of sp³-hybridized carbons (Fsp3) is 0.211. The van der Waals surface area contributed by atoms with E-state index in [0.717, 1.165) is 27.6 Å². The molecular weight excluding hydrogens is 334 g/mol. The number of hydrogen-bond donors (Lipinski definition) is 1. The molecule has 0 atom stereocenters. The van der Waals surface area contributed by atoms with Crippen LogP contribution in [0.3, 0.4) is 0 Å². The molecule has 0 saturated heterocycles. The van der Waals surface area contributed by atoms with Crippen molar-refractivity contribution in [2.75, 3.05) is 7.11 Å². The number of amides is 1. The minimum absolute atomic E-state index is 0.0245. The normalized spacial score (nSPS) is 10.4. The molecule has 1 amide bonds. The van der Waals surface area contributed by atoms with Gasteiger partial charge >= 0.3 is 0 Å². The fourth-order valence-corrected chi connectivity index (χ4v) is 3.14. The van der Waals surface area contributed by atoms with Crippen molar-refractivity contribution in [3.8, 4) is 17.0 Å². The molecule has 0 radical (unpaired) electrons. The van der Waals surface area contributed by atoms with E-state index in [-0.39, 0.29) is 5.91 Å². The molecule has 5 nitrogen and oxygen atoms in total. The molecule has 0 bridgehead atoms. The number of ether oxygens (including phenoxy) is 1. The van der Waals surface area contributed by atoms with Crippen molar-refractivity contribution in [1.82, 2.24) is 15.3 Å². The van der Waals surface area contributed by atoms with Crippen molar-refractivity contribution < 1.29 is 9.53 Å². The topological polar surface area (TPSA) is 64.1 Å². The van der Waals surface area contributed by atoms with Crippen LogP contribution in [0.15, 0.2) is 54.2 Å². The maximum Gasteiger partial charge on any atom is 0.220 e. The van der Waals surface area contributed by atoms with Gasteiger partial charge in [0.15, 0.2) is 0 Å². The molecule has 0 unspecified atom stereocenters. The van der Waals surface area contributed by atoms with E-state index >= 15 is 0 Å². The van der Waals surface area contributed by atoms with Gasteiger partial charge in [0.2, 0.25) is 5.91 Å². The van der Waals surface area contributed by atoms with Crippen LogP contribution in [0.5, 0.6) is 5.75 Å². The maximum atomic E-state index is 12.0. The molecule has 2 aromatic heterocycles. The Labute approximate surface area is 150 Å². The number of pyridine rings is 1. The maximum absolute atomic E-state index is 12.0. The summed E-state index contributed by atoms with van der Waals surface area (Å²) < 4.78 is 5.12. The SMILES string of the molecule is COc1ccc(CNC(=O)CCc2nc(-c3ccncc3)cs2)cc1. The third-order valence-electron chi connectivity index (χ3n) is 3.74. The van der Waals surface area contributed by atoms with Crippen LogP contribution in [-0.4, -0.2) is 23.0 Å². The highest BCUT2D eigenvalue weighted by molar-refractivity contribution is 7.09. The molecular formula is C19H19N3O2S. The highest BCUT2D eigenvalue weighted by Crippen LogP contribution is 2.21. The van der Waals surface area contributed by atoms with Gasteiger partial charge in [-0.2, -0.15) is 0 Å². The third kappa shape index (κ3) is 4.87. The van der Waals surface area contributed by atoms with E-state index in [9.17, 15) is 4.79 Å². The van der Waals surface area contributed by atoms with Gasteiger partial charge in [0.05, 0.1) is 17.8 Å². The largest absolute Gasteiger partial charge is 0.497 e. The van der Waals surface area contributed by atoms with Gasteiger partial charge in [0.25, 0.3) is 0 Å². The van der Waals surface area contributed by atoms with Crippen molar-refractivity contribution in [1.29, 1.82) is 0 Å². The van der Waals surface area contributed by atoms with Gasteiger partial charge < -0.3 is 10.1 Å². The smallest absolute Gasteiger partial charge is 0.220 e. The Bertz CT molecular complexity index is 816. The average molecular weight is 353 g/mol. The summed E-state index contributed by atoms with van der Waals surface area (Å²) in [7, 11) is 1.63. The number of rotatable bonds is 7. The summed E-state index contributed by atoms with van der Waals surface area (Å²) in [5.74, 6) is 0.834. The van der Waals surface area contributed by atoms with Crippen LogP contribution < -0.4 is 10.1 Å². The van der Waals surface area contributed by atoms with E-state index in [1.807, 2.05) is 41.8 Å². The number of nitrogens with zero attached hydrogens (tertiary/aromatic N) is 2. The van der Waals surface area contributed by atoms with E-state index < -0.39 is 0 Å². The zero-order valence-corrected chi connectivity index (χ0v) is 14.8. The zero-order valence-electron chi connectivity index (χ0n) is 13.9.